The lowest BCUT2D eigenvalue weighted by atomic mass is 9.71. The van der Waals surface area contributed by atoms with Crippen LogP contribution in [-0.2, 0) is 4.79 Å². The zero-order valence-corrected chi connectivity index (χ0v) is 9.81. The molecule has 1 atom stereocenters. The van der Waals surface area contributed by atoms with Crippen molar-refractivity contribution in [2.75, 3.05) is 0 Å². The van der Waals surface area contributed by atoms with Crippen LogP contribution in [0.25, 0.3) is 0 Å². The highest BCUT2D eigenvalue weighted by Gasteiger charge is 2.34. The molecule has 0 aliphatic carbocycles. The Morgan fingerprint density at radius 2 is 1.77 bits per heavy atom. The molecule has 0 rings (SSSR count). The van der Waals surface area contributed by atoms with Crippen LogP contribution in [0.15, 0.2) is 0 Å². The second kappa shape index (κ2) is 5.41. The Hall–Kier alpha value is -0.330. The Morgan fingerprint density at radius 1 is 1.23 bits per heavy atom. The quantitative estimate of drug-likeness (QED) is 0.613. The zero-order valence-electron chi connectivity index (χ0n) is 9.81. The number of Topliss-reactive ketones (excluding diaryl/α,β-unsaturated/α-hetero) is 1. The normalized spacial score (nSPS) is 15.8. The van der Waals surface area contributed by atoms with Gasteiger partial charge in [0.2, 0.25) is 0 Å². The number of carbonyl (C=O) groups is 1. The van der Waals surface area contributed by atoms with Gasteiger partial charge in [-0.25, -0.2) is 0 Å². The standard InChI is InChI=1S/C12H24O/c1-6-8-11(13)12(5,9-7-2)10(3)4/h10H,6-9H2,1-5H3. The summed E-state index contributed by atoms with van der Waals surface area (Å²) in [5.41, 5.74) is -0.0786. The minimum Gasteiger partial charge on any atom is -0.299 e. The van der Waals surface area contributed by atoms with E-state index in [1.807, 2.05) is 0 Å². The summed E-state index contributed by atoms with van der Waals surface area (Å²) >= 11 is 0. The predicted octanol–water partition coefficient (Wildman–Crippen LogP) is 3.82. The Morgan fingerprint density at radius 3 is 2.08 bits per heavy atom. The maximum absolute atomic E-state index is 11.9. The van der Waals surface area contributed by atoms with Crippen LogP contribution >= 0.6 is 0 Å². The molecule has 1 heteroatoms. The molecular weight excluding hydrogens is 160 g/mol. The van der Waals surface area contributed by atoms with Gasteiger partial charge in [0, 0.05) is 11.8 Å². The molecule has 0 spiro atoms. The molecule has 1 nitrogen and oxygen atoms in total. The van der Waals surface area contributed by atoms with E-state index < -0.39 is 0 Å². The lowest BCUT2D eigenvalue weighted by molar-refractivity contribution is -0.130. The summed E-state index contributed by atoms with van der Waals surface area (Å²) in [6, 6.07) is 0. The van der Waals surface area contributed by atoms with Crippen LogP contribution in [0.1, 0.15) is 60.3 Å². The van der Waals surface area contributed by atoms with Gasteiger partial charge < -0.3 is 0 Å². The number of carbonyl (C=O) groups excluding carboxylic acids is 1. The largest absolute Gasteiger partial charge is 0.299 e. The highest BCUT2D eigenvalue weighted by atomic mass is 16.1. The molecule has 0 aromatic rings. The van der Waals surface area contributed by atoms with Crippen LogP contribution < -0.4 is 0 Å². The summed E-state index contributed by atoms with van der Waals surface area (Å²) in [5.74, 6) is 0.915. The molecule has 0 N–H and O–H groups in total. The smallest absolute Gasteiger partial charge is 0.139 e. The van der Waals surface area contributed by atoms with E-state index in [1.54, 1.807) is 0 Å². The monoisotopic (exact) mass is 184 g/mol. The van der Waals surface area contributed by atoms with Crippen molar-refractivity contribution in [2.45, 2.75) is 60.3 Å². The first-order valence-electron chi connectivity index (χ1n) is 5.52. The molecule has 0 saturated heterocycles. The molecule has 78 valence electrons. The number of rotatable bonds is 6. The lowest BCUT2D eigenvalue weighted by Crippen LogP contribution is -2.33. The fourth-order valence-corrected chi connectivity index (χ4v) is 1.78. The first-order chi connectivity index (χ1) is 5.99. The molecule has 0 aromatic heterocycles. The van der Waals surface area contributed by atoms with Crippen LogP contribution in [-0.4, -0.2) is 5.78 Å². The summed E-state index contributed by atoms with van der Waals surface area (Å²) in [6.45, 7) is 10.7. The van der Waals surface area contributed by atoms with E-state index in [-0.39, 0.29) is 5.41 Å². The molecule has 0 heterocycles. The summed E-state index contributed by atoms with van der Waals surface area (Å²) in [6.07, 6.45) is 3.85. The third-order valence-electron chi connectivity index (χ3n) is 3.16. The number of ketones is 1. The molecule has 0 aliphatic rings. The highest BCUT2D eigenvalue weighted by Crippen LogP contribution is 2.34. The Balaban J connectivity index is 4.47. The van der Waals surface area contributed by atoms with Crippen molar-refractivity contribution in [3.63, 3.8) is 0 Å². The zero-order chi connectivity index (χ0) is 10.5. The van der Waals surface area contributed by atoms with Crippen molar-refractivity contribution < 1.29 is 4.79 Å². The second-order valence-electron chi connectivity index (χ2n) is 4.50. The summed E-state index contributed by atoms with van der Waals surface area (Å²) < 4.78 is 0. The van der Waals surface area contributed by atoms with Crippen LogP contribution in [0.3, 0.4) is 0 Å². The number of hydrogen-bond acceptors (Lipinski definition) is 1. The maximum Gasteiger partial charge on any atom is 0.139 e. The van der Waals surface area contributed by atoms with E-state index in [1.165, 1.54) is 0 Å². The van der Waals surface area contributed by atoms with Crippen molar-refractivity contribution in [3.05, 3.63) is 0 Å². The van der Waals surface area contributed by atoms with Crippen LogP contribution in [0.2, 0.25) is 0 Å². The Kier molecular flexibility index (Phi) is 5.27. The van der Waals surface area contributed by atoms with E-state index in [9.17, 15) is 4.79 Å². The SMILES string of the molecule is CCCC(=O)C(C)(CCC)C(C)C. The molecule has 0 aliphatic heterocycles. The van der Waals surface area contributed by atoms with Gasteiger partial charge in [-0.3, -0.25) is 4.79 Å². The molecule has 0 amide bonds. The molecule has 0 bridgehead atoms. The Labute approximate surface area is 82.9 Å². The van der Waals surface area contributed by atoms with E-state index in [2.05, 4.69) is 34.6 Å². The number of hydrogen-bond donors (Lipinski definition) is 0. The van der Waals surface area contributed by atoms with Gasteiger partial charge in [-0.1, -0.05) is 41.0 Å². The minimum absolute atomic E-state index is 0.0786. The minimum atomic E-state index is -0.0786. The van der Waals surface area contributed by atoms with Crippen molar-refractivity contribution >= 4 is 5.78 Å². The van der Waals surface area contributed by atoms with Gasteiger partial charge in [0.25, 0.3) is 0 Å². The summed E-state index contributed by atoms with van der Waals surface area (Å²) in [4.78, 5) is 11.9. The molecular formula is C12H24O. The van der Waals surface area contributed by atoms with E-state index >= 15 is 0 Å². The maximum atomic E-state index is 11.9. The van der Waals surface area contributed by atoms with Crippen molar-refractivity contribution in [1.82, 2.24) is 0 Å². The van der Waals surface area contributed by atoms with E-state index in [0.29, 0.717) is 11.7 Å². The van der Waals surface area contributed by atoms with Gasteiger partial charge in [-0.2, -0.15) is 0 Å². The average Bonchev–Trinajstić information content (AvgIpc) is 2.04. The second-order valence-corrected chi connectivity index (χ2v) is 4.50. The van der Waals surface area contributed by atoms with Crippen LogP contribution in [0.5, 0.6) is 0 Å². The summed E-state index contributed by atoms with van der Waals surface area (Å²) in [7, 11) is 0. The first kappa shape index (κ1) is 12.7. The molecule has 0 radical (unpaired) electrons. The topological polar surface area (TPSA) is 17.1 Å². The predicted molar refractivity (Wildman–Crippen MR) is 57.8 cm³/mol. The van der Waals surface area contributed by atoms with Gasteiger partial charge in [0.05, 0.1) is 0 Å². The lowest BCUT2D eigenvalue weighted by Gasteiger charge is -2.32. The van der Waals surface area contributed by atoms with Gasteiger partial charge in [0.15, 0.2) is 0 Å². The van der Waals surface area contributed by atoms with Gasteiger partial charge >= 0.3 is 0 Å². The third-order valence-corrected chi connectivity index (χ3v) is 3.16. The fraction of sp³-hybridized carbons (Fsp3) is 0.917. The molecule has 1 unspecified atom stereocenters. The fourth-order valence-electron chi connectivity index (χ4n) is 1.78. The van der Waals surface area contributed by atoms with Gasteiger partial charge in [-0.05, 0) is 18.8 Å². The van der Waals surface area contributed by atoms with Crippen molar-refractivity contribution in [3.8, 4) is 0 Å². The third kappa shape index (κ3) is 3.13. The average molecular weight is 184 g/mol. The molecule has 0 fully saturated rings. The Bertz CT molecular complexity index is 161. The van der Waals surface area contributed by atoms with Crippen molar-refractivity contribution in [2.24, 2.45) is 11.3 Å². The van der Waals surface area contributed by atoms with Crippen molar-refractivity contribution in [1.29, 1.82) is 0 Å². The van der Waals surface area contributed by atoms with Crippen LogP contribution in [0, 0.1) is 11.3 Å². The summed E-state index contributed by atoms with van der Waals surface area (Å²) in [5, 5.41) is 0. The van der Waals surface area contributed by atoms with Gasteiger partial charge in [0.1, 0.15) is 5.78 Å². The van der Waals surface area contributed by atoms with E-state index in [0.717, 1.165) is 25.7 Å². The molecule has 0 aromatic carbocycles. The van der Waals surface area contributed by atoms with E-state index in [4.69, 9.17) is 0 Å². The highest BCUT2D eigenvalue weighted by molar-refractivity contribution is 5.84. The molecule has 13 heavy (non-hydrogen) atoms. The van der Waals surface area contributed by atoms with Crippen LogP contribution in [0.4, 0.5) is 0 Å². The molecule has 0 saturated carbocycles. The van der Waals surface area contributed by atoms with Gasteiger partial charge in [-0.15, -0.1) is 0 Å². The first-order valence-corrected chi connectivity index (χ1v) is 5.52.